The third-order valence-electron chi connectivity index (χ3n) is 7.17. The van der Waals surface area contributed by atoms with Crippen molar-refractivity contribution in [2.75, 3.05) is 19.0 Å². The molecule has 37 heavy (non-hydrogen) atoms. The summed E-state index contributed by atoms with van der Waals surface area (Å²) in [7, 11) is 4.11. The molecule has 0 fully saturated rings. The number of fused-ring (bicyclic) bond motifs is 2. The largest absolute Gasteiger partial charge is 0.378 e. The summed E-state index contributed by atoms with van der Waals surface area (Å²) in [5.74, 6) is 0.169. The van der Waals surface area contributed by atoms with Crippen LogP contribution in [0.5, 0.6) is 0 Å². The maximum Gasteiger partial charge on any atom is 0.0662 e. The van der Waals surface area contributed by atoms with E-state index in [0.717, 1.165) is 28.7 Å². The van der Waals surface area contributed by atoms with E-state index in [1.54, 1.807) is 0 Å². The van der Waals surface area contributed by atoms with Crippen LogP contribution in [0.4, 0.5) is 11.4 Å². The molecule has 0 atom stereocenters. The molecule has 0 aliphatic rings. The number of rotatable bonds is 7. The Bertz CT molecular complexity index is 1610. The molecule has 0 aliphatic carbocycles. The van der Waals surface area contributed by atoms with Gasteiger partial charge in [0.2, 0.25) is 0 Å². The number of H-pyrrole nitrogens is 2. The van der Waals surface area contributed by atoms with E-state index in [2.05, 4.69) is 138 Å². The van der Waals surface area contributed by atoms with E-state index in [1.165, 1.54) is 33.2 Å². The highest BCUT2D eigenvalue weighted by atomic mass is 15.1. The van der Waals surface area contributed by atoms with Crippen LogP contribution in [0.15, 0.2) is 114 Å². The summed E-state index contributed by atoms with van der Waals surface area (Å²) in [6, 6.07) is 34.1. The van der Waals surface area contributed by atoms with Crippen molar-refractivity contribution in [2.45, 2.75) is 12.3 Å². The second-order valence-corrected chi connectivity index (χ2v) is 9.71. The Kier molecular flexibility index (Phi) is 6.07. The molecule has 6 aromatic rings. The maximum atomic E-state index is 4.94. The van der Waals surface area contributed by atoms with Crippen LogP contribution in [0.1, 0.15) is 28.2 Å². The van der Waals surface area contributed by atoms with Crippen LogP contribution in [-0.2, 0) is 6.42 Å². The Hall–Kier alpha value is -4.57. The first kappa shape index (κ1) is 22.9. The van der Waals surface area contributed by atoms with E-state index in [0.29, 0.717) is 0 Å². The van der Waals surface area contributed by atoms with Gasteiger partial charge in [-0.25, -0.2) is 0 Å². The van der Waals surface area contributed by atoms with Crippen LogP contribution in [0.3, 0.4) is 0 Å². The first-order valence-corrected chi connectivity index (χ1v) is 12.7. The zero-order valence-electron chi connectivity index (χ0n) is 21.1. The molecule has 2 N–H and O–H groups in total. The molecular formula is C33H30N4. The molecule has 0 unspecified atom stereocenters. The molecule has 4 heteroatoms. The second kappa shape index (κ2) is 9.82. The Morgan fingerprint density at radius 1 is 0.703 bits per heavy atom. The van der Waals surface area contributed by atoms with Crippen LogP contribution in [-0.4, -0.2) is 30.3 Å². The molecule has 0 saturated heterocycles. The number of para-hydroxylation sites is 3. The molecule has 6 rings (SSSR count). The Morgan fingerprint density at radius 2 is 1.27 bits per heavy atom. The number of nitrogens with zero attached hydrogens (tertiary/aromatic N) is 2. The molecule has 0 aliphatic heterocycles. The molecule has 0 spiro atoms. The van der Waals surface area contributed by atoms with Crippen LogP contribution in [0.2, 0.25) is 0 Å². The average Bonchev–Trinajstić information content (AvgIpc) is 3.56. The molecule has 0 bridgehead atoms. The minimum atomic E-state index is 0.169. The molecule has 0 radical (unpaired) electrons. The summed E-state index contributed by atoms with van der Waals surface area (Å²) in [6.45, 7) is 0. The molecule has 0 saturated carbocycles. The van der Waals surface area contributed by atoms with Crippen molar-refractivity contribution in [1.29, 1.82) is 0 Å². The fourth-order valence-electron chi connectivity index (χ4n) is 5.18. The first-order chi connectivity index (χ1) is 18.2. The number of aliphatic imine (C=N–C) groups is 1. The number of aromatic nitrogens is 2. The standard InChI is InChI=1S/C33H30N4/c1-37(2)25-17-15-23(16-18-25)20-34-31-12-6-3-9-24(31)19-28(29-21-35-32-13-7-4-10-26(29)32)30-22-36-33-14-8-5-11-27(30)33/h3-18,20-22,28,35-36H,19H2,1-2H3. The molecule has 2 aromatic heterocycles. The lowest BCUT2D eigenvalue weighted by atomic mass is 9.85. The molecular weight excluding hydrogens is 452 g/mol. The topological polar surface area (TPSA) is 47.2 Å². The van der Waals surface area contributed by atoms with Crippen LogP contribution in [0, 0.1) is 0 Å². The SMILES string of the molecule is CN(C)c1ccc(C=Nc2ccccc2CC(c2c[nH]c3ccccc23)c2c[nH]c3ccccc23)cc1. The zero-order chi connectivity index (χ0) is 25.2. The summed E-state index contributed by atoms with van der Waals surface area (Å²) < 4.78 is 0. The van der Waals surface area contributed by atoms with Crippen molar-refractivity contribution in [3.63, 3.8) is 0 Å². The van der Waals surface area contributed by atoms with Crippen molar-refractivity contribution in [2.24, 2.45) is 4.99 Å². The minimum Gasteiger partial charge on any atom is -0.378 e. The van der Waals surface area contributed by atoms with Gasteiger partial charge in [0.15, 0.2) is 0 Å². The number of anilines is 1. The normalized spacial score (nSPS) is 11.8. The predicted molar refractivity (Wildman–Crippen MR) is 157 cm³/mol. The average molecular weight is 483 g/mol. The van der Waals surface area contributed by atoms with Gasteiger partial charge in [0.25, 0.3) is 0 Å². The third-order valence-corrected chi connectivity index (χ3v) is 7.17. The Morgan fingerprint density at radius 3 is 1.89 bits per heavy atom. The van der Waals surface area contributed by atoms with Crippen molar-refractivity contribution in [3.05, 3.63) is 132 Å². The van der Waals surface area contributed by atoms with Gasteiger partial charge in [-0.3, -0.25) is 4.99 Å². The Labute approximate surface area is 217 Å². The van der Waals surface area contributed by atoms with E-state index < -0.39 is 0 Å². The summed E-state index contributed by atoms with van der Waals surface area (Å²) >= 11 is 0. The van der Waals surface area contributed by atoms with E-state index >= 15 is 0 Å². The summed E-state index contributed by atoms with van der Waals surface area (Å²) in [5.41, 5.74) is 9.43. The molecule has 2 heterocycles. The van der Waals surface area contributed by atoms with Crippen molar-refractivity contribution < 1.29 is 0 Å². The van der Waals surface area contributed by atoms with Crippen molar-refractivity contribution in [1.82, 2.24) is 9.97 Å². The summed E-state index contributed by atoms with van der Waals surface area (Å²) in [6.07, 6.45) is 7.16. The summed E-state index contributed by atoms with van der Waals surface area (Å²) in [4.78, 5) is 14.0. The van der Waals surface area contributed by atoms with Gasteiger partial charge >= 0.3 is 0 Å². The van der Waals surface area contributed by atoms with E-state index in [1.807, 2.05) is 6.21 Å². The van der Waals surface area contributed by atoms with Gasteiger partial charge in [-0.05, 0) is 59.0 Å². The third kappa shape index (κ3) is 4.54. The first-order valence-electron chi connectivity index (χ1n) is 12.7. The lowest BCUT2D eigenvalue weighted by Crippen LogP contribution is -2.08. The van der Waals surface area contributed by atoms with Gasteiger partial charge in [0.05, 0.1) is 5.69 Å². The smallest absolute Gasteiger partial charge is 0.0662 e. The van der Waals surface area contributed by atoms with E-state index in [-0.39, 0.29) is 5.92 Å². The minimum absolute atomic E-state index is 0.169. The van der Waals surface area contributed by atoms with Crippen molar-refractivity contribution in [3.8, 4) is 0 Å². The number of hydrogen-bond donors (Lipinski definition) is 2. The van der Waals surface area contributed by atoms with Gasteiger partial charge in [0, 0.05) is 66.1 Å². The van der Waals surface area contributed by atoms with Crippen LogP contribution in [0.25, 0.3) is 21.8 Å². The molecule has 4 nitrogen and oxygen atoms in total. The number of aromatic amines is 2. The molecule has 4 aromatic carbocycles. The molecule has 0 amide bonds. The predicted octanol–water partition coefficient (Wildman–Crippen LogP) is 7.84. The van der Waals surface area contributed by atoms with Gasteiger partial charge in [-0.2, -0.15) is 0 Å². The van der Waals surface area contributed by atoms with Crippen molar-refractivity contribution >= 4 is 39.4 Å². The molecule has 182 valence electrons. The van der Waals surface area contributed by atoms with Gasteiger partial charge in [0.1, 0.15) is 0 Å². The number of hydrogen-bond acceptors (Lipinski definition) is 2. The van der Waals surface area contributed by atoms with Gasteiger partial charge < -0.3 is 14.9 Å². The van der Waals surface area contributed by atoms with Gasteiger partial charge in [-0.1, -0.05) is 66.7 Å². The zero-order valence-corrected chi connectivity index (χ0v) is 21.1. The number of benzene rings is 4. The van der Waals surface area contributed by atoms with E-state index in [9.17, 15) is 0 Å². The lowest BCUT2D eigenvalue weighted by molar-refractivity contribution is 0.819. The maximum absolute atomic E-state index is 4.94. The summed E-state index contributed by atoms with van der Waals surface area (Å²) in [5, 5.41) is 2.53. The fourth-order valence-corrected chi connectivity index (χ4v) is 5.18. The fraction of sp³-hybridized carbons (Fsp3) is 0.121. The highest BCUT2D eigenvalue weighted by molar-refractivity contribution is 5.88. The lowest BCUT2D eigenvalue weighted by Gasteiger charge is -2.18. The Balaban J connectivity index is 1.40. The van der Waals surface area contributed by atoms with E-state index in [4.69, 9.17) is 4.99 Å². The van der Waals surface area contributed by atoms with Gasteiger partial charge in [-0.15, -0.1) is 0 Å². The highest BCUT2D eigenvalue weighted by Crippen LogP contribution is 2.38. The second-order valence-electron chi connectivity index (χ2n) is 9.71. The number of nitrogens with one attached hydrogen (secondary N) is 2. The quantitative estimate of drug-likeness (QED) is 0.224. The van der Waals surface area contributed by atoms with Crippen LogP contribution >= 0.6 is 0 Å². The highest BCUT2D eigenvalue weighted by Gasteiger charge is 2.22. The van der Waals surface area contributed by atoms with Crippen LogP contribution < -0.4 is 4.90 Å². The monoisotopic (exact) mass is 482 g/mol.